The topological polar surface area (TPSA) is 114 Å². The molecule has 2 saturated carbocycles. The van der Waals surface area contributed by atoms with Gasteiger partial charge in [0.25, 0.3) is 0 Å². The van der Waals surface area contributed by atoms with Gasteiger partial charge in [-0.3, -0.25) is 4.79 Å². The molecule has 3 aliphatic carbocycles. The monoisotopic (exact) mass is 554 g/mol. The third kappa shape index (κ3) is 5.32. The molecule has 0 heterocycles. The molecule has 0 radical (unpaired) electrons. The van der Waals surface area contributed by atoms with Gasteiger partial charge in [-0.1, -0.05) is 78.9 Å². The second-order valence-electron chi connectivity index (χ2n) is 11.5. The summed E-state index contributed by atoms with van der Waals surface area (Å²) in [5, 5.41) is 15.5. The molecule has 2 fully saturated rings. The number of alkyl carbamates (subject to hydrolysis) is 1. The molecule has 212 valence electrons. The van der Waals surface area contributed by atoms with Crippen LogP contribution in [0.3, 0.4) is 0 Å². The SMILES string of the molecule is C[C@H](OCc1ccccc1)[C@@H](NC(=O)[C@@]12C[C@@H](NC(=O)OCC3c4ccccc4-c4ccccc43)C[C@@H]1C2)C(=O)O. The van der Waals surface area contributed by atoms with Crippen molar-refractivity contribution in [2.24, 2.45) is 11.3 Å². The summed E-state index contributed by atoms with van der Waals surface area (Å²) in [6.07, 6.45) is 0.587. The van der Waals surface area contributed by atoms with Crippen molar-refractivity contribution < 1.29 is 29.0 Å². The highest BCUT2D eigenvalue weighted by Crippen LogP contribution is 2.63. The highest BCUT2D eigenvalue weighted by molar-refractivity contribution is 5.90. The van der Waals surface area contributed by atoms with Crippen molar-refractivity contribution in [3.8, 4) is 11.1 Å². The van der Waals surface area contributed by atoms with Crippen LogP contribution in [0.4, 0.5) is 4.79 Å². The summed E-state index contributed by atoms with van der Waals surface area (Å²) in [4.78, 5) is 38.1. The zero-order valence-corrected chi connectivity index (χ0v) is 22.9. The molecule has 3 aliphatic rings. The van der Waals surface area contributed by atoms with Crippen LogP contribution >= 0.6 is 0 Å². The van der Waals surface area contributed by atoms with Gasteiger partial charge in [0.05, 0.1) is 18.1 Å². The first-order valence-electron chi connectivity index (χ1n) is 14.2. The summed E-state index contributed by atoms with van der Waals surface area (Å²) in [6.45, 7) is 2.13. The van der Waals surface area contributed by atoms with E-state index in [1.807, 2.05) is 54.6 Å². The van der Waals surface area contributed by atoms with Crippen molar-refractivity contribution in [1.82, 2.24) is 10.6 Å². The van der Waals surface area contributed by atoms with E-state index in [1.165, 1.54) is 11.1 Å². The molecule has 3 aromatic carbocycles. The van der Waals surface area contributed by atoms with E-state index in [-0.39, 0.29) is 37.0 Å². The van der Waals surface area contributed by atoms with Crippen molar-refractivity contribution in [2.75, 3.05) is 6.61 Å². The Morgan fingerprint density at radius 3 is 2.22 bits per heavy atom. The average Bonchev–Trinajstić information content (AvgIpc) is 3.41. The van der Waals surface area contributed by atoms with Crippen LogP contribution < -0.4 is 10.6 Å². The number of fused-ring (bicyclic) bond motifs is 4. The Hall–Kier alpha value is -4.17. The maximum atomic E-state index is 13.3. The maximum Gasteiger partial charge on any atom is 0.407 e. The van der Waals surface area contributed by atoms with Crippen molar-refractivity contribution in [3.05, 3.63) is 95.6 Å². The van der Waals surface area contributed by atoms with Crippen molar-refractivity contribution in [1.29, 1.82) is 0 Å². The van der Waals surface area contributed by atoms with Gasteiger partial charge >= 0.3 is 12.1 Å². The van der Waals surface area contributed by atoms with Gasteiger partial charge in [-0.2, -0.15) is 0 Å². The molecular formula is C33H34N2O6. The Bertz CT molecular complexity index is 1410. The number of hydrogen-bond acceptors (Lipinski definition) is 5. The second-order valence-corrected chi connectivity index (χ2v) is 11.5. The van der Waals surface area contributed by atoms with E-state index in [9.17, 15) is 19.5 Å². The third-order valence-electron chi connectivity index (χ3n) is 8.91. The molecule has 41 heavy (non-hydrogen) atoms. The van der Waals surface area contributed by atoms with Gasteiger partial charge in [-0.15, -0.1) is 0 Å². The average molecular weight is 555 g/mol. The number of ether oxygens (including phenoxy) is 2. The first-order valence-corrected chi connectivity index (χ1v) is 14.2. The van der Waals surface area contributed by atoms with Crippen LogP contribution in [0.1, 0.15) is 48.8 Å². The lowest BCUT2D eigenvalue weighted by Gasteiger charge is -2.25. The lowest BCUT2D eigenvalue weighted by atomic mass is 9.98. The van der Waals surface area contributed by atoms with Crippen LogP contribution in [0.15, 0.2) is 78.9 Å². The fraction of sp³-hybridized carbons (Fsp3) is 0.364. The van der Waals surface area contributed by atoms with E-state index >= 15 is 0 Å². The van der Waals surface area contributed by atoms with Gasteiger partial charge in [-0.05, 0) is 59.9 Å². The number of carboxylic acids is 1. The number of carboxylic acid groups (broad SMARTS) is 1. The Morgan fingerprint density at radius 1 is 0.927 bits per heavy atom. The molecule has 0 aromatic heterocycles. The van der Waals surface area contributed by atoms with Crippen molar-refractivity contribution >= 4 is 18.0 Å². The number of amides is 2. The van der Waals surface area contributed by atoms with E-state index in [0.717, 1.165) is 16.7 Å². The molecule has 3 N–H and O–H groups in total. The molecule has 0 saturated heterocycles. The first-order chi connectivity index (χ1) is 19.9. The number of hydrogen-bond donors (Lipinski definition) is 3. The van der Waals surface area contributed by atoms with Crippen LogP contribution in [0.2, 0.25) is 0 Å². The Kier molecular flexibility index (Phi) is 7.26. The predicted octanol–water partition coefficient (Wildman–Crippen LogP) is 4.87. The standard InChI is InChI=1S/C33H34N2O6/c1-20(40-18-21-9-3-2-4-10-21)29(30(36)37)35-31(38)33-16-22(33)15-23(17-33)34-32(39)41-19-28-26-13-7-5-11-24(26)25-12-6-8-14-27(25)28/h2-14,20,22-23,28-29H,15-19H2,1H3,(H,34,39)(H,35,38)(H,36,37)/t20-,22+,23-,29+,33-/m0/s1. The van der Waals surface area contributed by atoms with E-state index in [1.54, 1.807) is 6.92 Å². The number of rotatable bonds is 10. The minimum Gasteiger partial charge on any atom is -0.480 e. The van der Waals surface area contributed by atoms with Gasteiger partial charge in [-0.25, -0.2) is 9.59 Å². The van der Waals surface area contributed by atoms with Gasteiger partial charge in [0, 0.05) is 12.0 Å². The number of nitrogens with one attached hydrogen (secondary N) is 2. The summed E-state index contributed by atoms with van der Waals surface area (Å²) < 4.78 is 11.5. The third-order valence-corrected chi connectivity index (χ3v) is 8.91. The molecule has 8 heteroatoms. The number of carbonyl (C=O) groups excluding carboxylic acids is 2. The second kappa shape index (κ2) is 11.0. The molecule has 0 unspecified atom stereocenters. The highest BCUT2D eigenvalue weighted by atomic mass is 16.5. The van der Waals surface area contributed by atoms with Gasteiger partial charge in [0.15, 0.2) is 6.04 Å². The van der Waals surface area contributed by atoms with Crippen molar-refractivity contribution in [3.63, 3.8) is 0 Å². The largest absolute Gasteiger partial charge is 0.480 e. The van der Waals surface area contributed by atoms with Crippen LogP contribution in [-0.4, -0.2) is 47.9 Å². The molecular weight excluding hydrogens is 520 g/mol. The van der Waals surface area contributed by atoms with Gasteiger partial charge < -0.3 is 25.2 Å². The molecule has 6 rings (SSSR count). The smallest absolute Gasteiger partial charge is 0.407 e. The predicted molar refractivity (Wildman–Crippen MR) is 152 cm³/mol. The van der Waals surface area contributed by atoms with Crippen LogP contribution in [0.25, 0.3) is 11.1 Å². The zero-order valence-electron chi connectivity index (χ0n) is 22.9. The zero-order chi connectivity index (χ0) is 28.6. The number of benzene rings is 3. The molecule has 2 amide bonds. The molecule has 0 bridgehead atoms. The molecule has 8 nitrogen and oxygen atoms in total. The maximum absolute atomic E-state index is 13.3. The molecule has 0 spiro atoms. The van der Waals surface area contributed by atoms with Crippen LogP contribution in [0, 0.1) is 11.3 Å². The van der Waals surface area contributed by atoms with E-state index in [2.05, 4.69) is 34.9 Å². The summed E-state index contributed by atoms with van der Waals surface area (Å²) >= 11 is 0. The van der Waals surface area contributed by atoms with E-state index in [0.29, 0.717) is 19.3 Å². The number of carbonyl (C=O) groups is 3. The first kappa shape index (κ1) is 27.0. The lowest BCUT2D eigenvalue weighted by Crippen LogP contribution is -2.51. The summed E-state index contributed by atoms with van der Waals surface area (Å²) in [6, 6.07) is 24.5. The minimum atomic E-state index is -1.17. The van der Waals surface area contributed by atoms with Crippen LogP contribution in [0.5, 0.6) is 0 Å². The molecule has 3 aromatic rings. The molecule has 5 atom stereocenters. The van der Waals surface area contributed by atoms with E-state index in [4.69, 9.17) is 9.47 Å². The summed E-state index contributed by atoms with van der Waals surface area (Å²) in [5.41, 5.74) is 4.89. The fourth-order valence-corrected chi connectivity index (χ4v) is 6.66. The lowest BCUT2D eigenvalue weighted by molar-refractivity contribution is -0.147. The Balaban J connectivity index is 1.02. The van der Waals surface area contributed by atoms with Gasteiger partial charge in [0.2, 0.25) is 5.91 Å². The summed E-state index contributed by atoms with van der Waals surface area (Å²) in [5.74, 6) is -1.35. The van der Waals surface area contributed by atoms with Gasteiger partial charge in [0.1, 0.15) is 6.61 Å². The number of aliphatic carboxylic acids is 1. The summed E-state index contributed by atoms with van der Waals surface area (Å²) in [7, 11) is 0. The highest BCUT2D eigenvalue weighted by Gasteiger charge is 2.65. The van der Waals surface area contributed by atoms with Crippen LogP contribution in [-0.2, 0) is 25.7 Å². The quantitative estimate of drug-likeness (QED) is 0.330. The normalized spacial score (nSPS) is 23.4. The minimum absolute atomic E-state index is 0.0266. The van der Waals surface area contributed by atoms with E-state index < -0.39 is 29.6 Å². The fourth-order valence-electron chi connectivity index (χ4n) is 6.66. The Labute approximate surface area is 239 Å². The van der Waals surface area contributed by atoms with Crippen molar-refractivity contribution in [2.45, 2.75) is 56.9 Å². The molecule has 0 aliphatic heterocycles. The Morgan fingerprint density at radius 2 is 1.56 bits per heavy atom.